The summed E-state index contributed by atoms with van der Waals surface area (Å²) in [5, 5.41) is 12.1. The van der Waals surface area contributed by atoms with Gasteiger partial charge in [0.05, 0.1) is 23.7 Å². The van der Waals surface area contributed by atoms with Crippen LogP contribution in [-0.4, -0.2) is 60.4 Å². The van der Waals surface area contributed by atoms with Crippen LogP contribution < -0.4 is 10.2 Å². The van der Waals surface area contributed by atoms with Crippen molar-refractivity contribution in [2.75, 3.05) is 36.5 Å². The molecule has 34 heavy (non-hydrogen) atoms. The van der Waals surface area contributed by atoms with Crippen LogP contribution in [0.1, 0.15) is 57.4 Å². The first-order chi connectivity index (χ1) is 16.1. The third-order valence-electron chi connectivity index (χ3n) is 7.39. The highest BCUT2D eigenvalue weighted by molar-refractivity contribution is 5.87. The molecule has 0 bridgehead atoms. The molecule has 2 heterocycles. The van der Waals surface area contributed by atoms with E-state index in [4.69, 9.17) is 4.74 Å². The predicted octanol–water partition coefficient (Wildman–Crippen LogP) is 4.40. The van der Waals surface area contributed by atoms with Gasteiger partial charge in [0.25, 0.3) is 0 Å². The number of likely N-dealkylation sites (tertiary alicyclic amines) is 1. The number of hydrogen-bond acceptors (Lipinski definition) is 5. The van der Waals surface area contributed by atoms with E-state index in [-0.39, 0.29) is 42.6 Å². The van der Waals surface area contributed by atoms with Crippen molar-refractivity contribution < 1.29 is 32.6 Å². The van der Waals surface area contributed by atoms with Gasteiger partial charge in [-0.05, 0) is 70.1 Å². The molecule has 3 aliphatic rings. The fraction of sp³-hybridized carbons (Fsp3) is 0.667. The Balaban J connectivity index is 1.54. The fourth-order valence-corrected chi connectivity index (χ4v) is 5.68. The first kappa shape index (κ1) is 24.6. The van der Waals surface area contributed by atoms with Crippen LogP contribution in [0.4, 0.5) is 29.3 Å². The van der Waals surface area contributed by atoms with Crippen molar-refractivity contribution in [1.82, 2.24) is 4.90 Å². The van der Waals surface area contributed by atoms with E-state index >= 15 is 0 Å². The van der Waals surface area contributed by atoms with E-state index in [2.05, 4.69) is 5.32 Å². The molecule has 0 aromatic heterocycles. The minimum Gasteiger partial charge on any atom is -0.450 e. The maximum Gasteiger partial charge on any atom is 0.418 e. The van der Waals surface area contributed by atoms with Crippen LogP contribution in [0.5, 0.6) is 0 Å². The number of ether oxygens (including phenoxy) is 1. The molecule has 1 spiro atoms. The number of piperidine rings is 1. The summed E-state index contributed by atoms with van der Waals surface area (Å²) in [6.45, 7) is 3.00. The number of alkyl halides is 3. The second kappa shape index (κ2) is 9.64. The smallest absolute Gasteiger partial charge is 0.418 e. The second-order valence-electron chi connectivity index (χ2n) is 9.59. The highest BCUT2D eigenvalue weighted by atomic mass is 19.4. The molecule has 7 nitrogen and oxygen atoms in total. The largest absolute Gasteiger partial charge is 0.450 e. The zero-order valence-corrected chi connectivity index (χ0v) is 19.4. The second-order valence-corrected chi connectivity index (χ2v) is 9.59. The molecule has 1 atom stereocenters. The summed E-state index contributed by atoms with van der Waals surface area (Å²) in [5.74, 6) is 0.0350. The molecule has 10 heteroatoms. The zero-order chi connectivity index (χ0) is 24.5. The SMILES string of the molecule is CCOC(=O)Nc1ccc(N2CCCC3(CCN(C4CCC(O)CC4)C3=O)C2)c(C(F)(F)F)c1. The number of nitrogens with one attached hydrogen (secondary N) is 1. The molecule has 0 radical (unpaired) electrons. The lowest BCUT2D eigenvalue weighted by Crippen LogP contribution is -2.50. The average molecular weight is 484 g/mol. The van der Waals surface area contributed by atoms with E-state index in [1.165, 1.54) is 12.1 Å². The van der Waals surface area contributed by atoms with Crippen molar-refractivity contribution in [3.05, 3.63) is 23.8 Å². The Hall–Kier alpha value is -2.49. The number of aliphatic hydroxyl groups is 1. The van der Waals surface area contributed by atoms with Gasteiger partial charge >= 0.3 is 12.3 Å². The number of nitrogens with zero attached hydrogens (tertiary/aromatic N) is 2. The Labute approximate surface area is 197 Å². The Kier molecular flexibility index (Phi) is 6.98. The van der Waals surface area contributed by atoms with Crippen LogP contribution in [0.2, 0.25) is 0 Å². The van der Waals surface area contributed by atoms with Gasteiger partial charge in [-0.2, -0.15) is 13.2 Å². The Morgan fingerprint density at radius 3 is 2.62 bits per heavy atom. The normalized spacial score (nSPS) is 27.9. The van der Waals surface area contributed by atoms with E-state index in [9.17, 15) is 27.9 Å². The van der Waals surface area contributed by atoms with Crippen LogP contribution in [0.15, 0.2) is 18.2 Å². The summed E-state index contributed by atoms with van der Waals surface area (Å²) in [6.07, 6.45) is -0.946. The van der Waals surface area contributed by atoms with Crippen LogP contribution >= 0.6 is 0 Å². The molecule has 188 valence electrons. The number of halogens is 3. The van der Waals surface area contributed by atoms with Crippen molar-refractivity contribution in [3.8, 4) is 0 Å². The third-order valence-corrected chi connectivity index (χ3v) is 7.39. The van der Waals surface area contributed by atoms with Crippen molar-refractivity contribution >= 4 is 23.4 Å². The molecule has 2 amide bonds. The highest BCUT2D eigenvalue weighted by Crippen LogP contribution is 2.46. The number of rotatable bonds is 4. The molecular weight excluding hydrogens is 451 g/mol. The van der Waals surface area contributed by atoms with Crippen LogP contribution in [0.25, 0.3) is 0 Å². The van der Waals surface area contributed by atoms with Gasteiger partial charge in [-0.1, -0.05) is 0 Å². The summed E-state index contributed by atoms with van der Waals surface area (Å²) in [6, 6.07) is 3.82. The van der Waals surface area contributed by atoms with Gasteiger partial charge in [0.2, 0.25) is 5.91 Å². The average Bonchev–Trinajstić information content (AvgIpc) is 3.09. The van der Waals surface area contributed by atoms with Crippen molar-refractivity contribution in [1.29, 1.82) is 0 Å². The van der Waals surface area contributed by atoms with E-state index in [1.54, 1.807) is 11.8 Å². The Bertz CT molecular complexity index is 917. The van der Waals surface area contributed by atoms with Crippen molar-refractivity contribution in [2.45, 2.75) is 70.2 Å². The molecule has 1 unspecified atom stereocenters. The number of carbonyl (C=O) groups excluding carboxylic acids is 2. The standard InChI is InChI=1S/C24H32F3N3O4/c1-2-34-22(33)28-16-4-9-20(19(14-16)24(25,26)27)29-12-3-10-23(15-29)11-13-30(21(23)32)17-5-7-18(31)8-6-17/h4,9,14,17-18,31H,2-3,5-8,10-13,15H2,1H3,(H,28,33). The number of hydrogen-bond donors (Lipinski definition) is 2. The molecule has 1 saturated carbocycles. The summed E-state index contributed by atoms with van der Waals surface area (Å²) >= 11 is 0. The van der Waals surface area contributed by atoms with Gasteiger partial charge in [0.15, 0.2) is 0 Å². The number of benzene rings is 1. The summed E-state index contributed by atoms with van der Waals surface area (Å²) < 4.78 is 46.7. The summed E-state index contributed by atoms with van der Waals surface area (Å²) in [5.41, 5.74) is -1.50. The molecule has 3 fully saturated rings. The molecule has 1 aromatic rings. The van der Waals surface area contributed by atoms with Gasteiger partial charge in [0, 0.05) is 37.1 Å². The molecule has 1 aromatic carbocycles. The highest BCUT2D eigenvalue weighted by Gasteiger charge is 2.51. The van der Waals surface area contributed by atoms with Crippen molar-refractivity contribution in [3.63, 3.8) is 0 Å². The molecule has 2 N–H and O–H groups in total. The zero-order valence-electron chi connectivity index (χ0n) is 19.4. The summed E-state index contributed by atoms with van der Waals surface area (Å²) in [4.78, 5) is 28.8. The van der Waals surface area contributed by atoms with Gasteiger partial charge in [0.1, 0.15) is 0 Å². The monoisotopic (exact) mass is 483 g/mol. The molecule has 4 rings (SSSR count). The minimum absolute atomic E-state index is 0.00357. The van der Waals surface area contributed by atoms with E-state index in [0.717, 1.165) is 18.9 Å². The van der Waals surface area contributed by atoms with E-state index in [1.807, 2.05) is 4.90 Å². The van der Waals surface area contributed by atoms with Crippen molar-refractivity contribution in [2.24, 2.45) is 5.41 Å². The number of carbonyl (C=O) groups is 2. The lowest BCUT2D eigenvalue weighted by molar-refractivity contribution is -0.139. The van der Waals surface area contributed by atoms with Gasteiger partial charge in [-0.3, -0.25) is 10.1 Å². The molecule has 1 aliphatic carbocycles. The van der Waals surface area contributed by atoms with E-state index < -0.39 is 23.2 Å². The number of anilines is 2. The van der Waals surface area contributed by atoms with Gasteiger partial charge < -0.3 is 19.6 Å². The molecule has 2 aliphatic heterocycles. The maximum atomic E-state index is 14.0. The van der Waals surface area contributed by atoms with Crippen LogP contribution in [0, 0.1) is 5.41 Å². The topological polar surface area (TPSA) is 82.1 Å². The molecular formula is C24H32F3N3O4. The summed E-state index contributed by atoms with van der Waals surface area (Å²) in [7, 11) is 0. The number of aliphatic hydroxyl groups excluding tert-OH is 1. The Morgan fingerprint density at radius 2 is 1.94 bits per heavy atom. The Morgan fingerprint density at radius 1 is 1.21 bits per heavy atom. The lowest BCUT2D eigenvalue weighted by atomic mass is 9.78. The minimum atomic E-state index is -4.62. The molecule has 2 saturated heterocycles. The number of amides is 2. The van der Waals surface area contributed by atoms with Crippen LogP contribution in [0.3, 0.4) is 0 Å². The quantitative estimate of drug-likeness (QED) is 0.664. The van der Waals surface area contributed by atoms with E-state index in [0.29, 0.717) is 45.2 Å². The maximum absolute atomic E-state index is 14.0. The van der Waals surface area contributed by atoms with Gasteiger partial charge in [-0.25, -0.2) is 4.79 Å². The third kappa shape index (κ3) is 4.96. The van der Waals surface area contributed by atoms with Crippen LogP contribution in [-0.2, 0) is 15.7 Å². The van der Waals surface area contributed by atoms with Gasteiger partial charge in [-0.15, -0.1) is 0 Å². The lowest BCUT2D eigenvalue weighted by Gasteiger charge is -2.42. The first-order valence-electron chi connectivity index (χ1n) is 12.0. The predicted molar refractivity (Wildman–Crippen MR) is 121 cm³/mol. The fourth-order valence-electron chi connectivity index (χ4n) is 5.68. The first-order valence-corrected chi connectivity index (χ1v) is 12.0.